The van der Waals surface area contributed by atoms with Crippen LogP contribution in [0, 0.1) is 0 Å². The molecular weight excluding hydrogens is 302 g/mol. The zero-order valence-corrected chi connectivity index (χ0v) is 14.6. The zero-order valence-electron chi connectivity index (χ0n) is 14.6. The summed E-state index contributed by atoms with van der Waals surface area (Å²) in [6.07, 6.45) is 1.12. The number of hydrogen-bond acceptors (Lipinski definition) is 4. The number of ether oxygens (including phenoxy) is 2. The fourth-order valence-electron chi connectivity index (χ4n) is 3.18. The second kappa shape index (κ2) is 7.14. The lowest BCUT2D eigenvalue weighted by atomic mass is 9.98. The van der Waals surface area contributed by atoms with E-state index in [1.54, 1.807) is 7.11 Å². The number of benzene rings is 2. The van der Waals surface area contributed by atoms with E-state index in [-0.39, 0.29) is 11.9 Å². The van der Waals surface area contributed by atoms with Gasteiger partial charge in [-0.05, 0) is 61.2 Å². The molecule has 1 aliphatic heterocycles. The second-order valence-electron chi connectivity index (χ2n) is 6.57. The first-order valence-corrected chi connectivity index (χ1v) is 8.42. The standard InChI is InChI=1S/C20H25NO3/c1-14(2)24-18-6-4-5-15(9-18)12-21-8-7-16-10-19(22)20(23-3)11-17(16)13-21/h4-6,9-11,14,22H,7-8,12-13H2,1-3H3. The van der Waals surface area contributed by atoms with Gasteiger partial charge in [-0.3, -0.25) is 4.90 Å². The van der Waals surface area contributed by atoms with E-state index in [0.717, 1.165) is 31.8 Å². The summed E-state index contributed by atoms with van der Waals surface area (Å²) in [5, 5.41) is 9.92. The molecule has 2 aromatic rings. The van der Waals surface area contributed by atoms with Crippen molar-refractivity contribution in [2.24, 2.45) is 0 Å². The van der Waals surface area contributed by atoms with Gasteiger partial charge in [-0.15, -0.1) is 0 Å². The van der Waals surface area contributed by atoms with Crippen LogP contribution in [0.1, 0.15) is 30.5 Å². The summed E-state index contributed by atoms with van der Waals surface area (Å²) in [7, 11) is 1.59. The number of methoxy groups -OCH3 is 1. The van der Waals surface area contributed by atoms with E-state index in [1.807, 2.05) is 38.1 Å². The van der Waals surface area contributed by atoms with Crippen molar-refractivity contribution in [2.45, 2.75) is 39.5 Å². The molecule has 24 heavy (non-hydrogen) atoms. The molecule has 0 spiro atoms. The molecule has 1 aliphatic rings. The Morgan fingerprint density at radius 3 is 2.75 bits per heavy atom. The number of phenols is 1. The quantitative estimate of drug-likeness (QED) is 0.908. The molecule has 0 fully saturated rings. The molecule has 0 aromatic heterocycles. The average Bonchev–Trinajstić information content (AvgIpc) is 2.54. The summed E-state index contributed by atoms with van der Waals surface area (Å²) >= 11 is 0. The van der Waals surface area contributed by atoms with Gasteiger partial charge in [0.1, 0.15) is 5.75 Å². The van der Waals surface area contributed by atoms with E-state index < -0.39 is 0 Å². The maximum atomic E-state index is 9.92. The fourth-order valence-corrected chi connectivity index (χ4v) is 3.18. The van der Waals surface area contributed by atoms with Crippen LogP contribution >= 0.6 is 0 Å². The first-order valence-electron chi connectivity index (χ1n) is 8.42. The number of fused-ring (bicyclic) bond motifs is 1. The van der Waals surface area contributed by atoms with Crippen molar-refractivity contribution in [3.05, 3.63) is 53.1 Å². The van der Waals surface area contributed by atoms with Gasteiger partial charge in [0.25, 0.3) is 0 Å². The van der Waals surface area contributed by atoms with Gasteiger partial charge in [0.05, 0.1) is 13.2 Å². The number of nitrogens with zero attached hydrogens (tertiary/aromatic N) is 1. The van der Waals surface area contributed by atoms with E-state index in [0.29, 0.717) is 5.75 Å². The van der Waals surface area contributed by atoms with Crippen LogP contribution in [0.4, 0.5) is 0 Å². The summed E-state index contributed by atoms with van der Waals surface area (Å²) in [6, 6.07) is 12.1. The van der Waals surface area contributed by atoms with Crippen molar-refractivity contribution in [3.8, 4) is 17.2 Å². The van der Waals surface area contributed by atoms with Crippen molar-refractivity contribution in [3.63, 3.8) is 0 Å². The fraction of sp³-hybridized carbons (Fsp3) is 0.400. The monoisotopic (exact) mass is 327 g/mol. The summed E-state index contributed by atoms with van der Waals surface area (Å²) in [6.45, 7) is 6.81. The molecule has 0 radical (unpaired) electrons. The van der Waals surface area contributed by atoms with Crippen molar-refractivity contribution >= 4 is 0 Å². The van der Waals surface area contributed by atoms with Gasteiger partial charge in [-0.2, -0.15) is 0 Å². The van der Waals surface area contributed by atoms with Crippen molar-refractivity contribution < 1.29 is 14.6 Å². The maximum Gasteiger partial charge on any atom is 0.160 e. The average molecular weight is 327 g/mol. The molecule has 1 N–H and O–H groups in total. The Hall–Kier alpha value is -2.20. The number of aromatic hydroxyl groups is 1. The van der Waals surface area contributed by atoms with Crippen molar-refractivity contribution in [2.75, 3.05) is 13.7 Å². The topological polar surface area (TPSA) is 41.9 Å². The Balaban J connectivity index is 1.72. The van der Waals surface area contributed by atoms with Crippen LogP contribution in [0.3, 0.4) is 0 Å². The van der Waals surface area contributed by atoms with Crippen LogP contribution in [0.5, 0.6) is 17.2 Å². The highest BCUT2D eigenvalue weighted by Crippen LogP contribution is 2.32. The predicted molar refractivity (Wildman–Crippen MR) is 94.7 cm³/mol. The Morgan fingerprint density at radius 2 is 2.00 bits per heavy atom. The first kappa shape index (κ1) is 16.7. The lowest BCUT2D eigenvalue weighted by molar-refractivity contribution is 0.236. The molecule has 0 unspecified atom stereocenters. The Morgan fingerprint density at radius 1 is 1.17 bits per heavy atom. The van der Waals surface area contributed by atoms with Crippen LogP contribution in [-0.2, 0) is 19.5 Å². The minimum Gasteiger partial charge on any atom is -0.504 e. The molecule has 0 aliphatic carbocycles. The molecule has 3 rings (SSSR count). The molecule has 1 heterocycles. The maximum absolute atomic E-state index is 9.92. The van der Waals surface area contributed by atoms with Gasteiger partial charge >= 0.3 is 0 Å². The molecule has 4 nitrogen and oxygen atoms in total. The predicted octanol–water partition coefficient (Wildman–Crippen LogP) is 3.75. The van der Waals surface area contributed by atoms with Crippen LogP contribution in [0.25, 0.3) is 0 Å². The van der Waals surface area contributed by atoms with E-state index in [4.69, 9.17) is 9.47 Å². The molecule has 0 amide bonds. The molecule has 0 bridgehead atoms. The highest BCUT2D eigenvalue weighted by Gasteiger charge is 2.19. The van der Waals surface area contributed by atoms with Gasteiger partial charge < -0.3 is 14.6 Å². The van der Waals surface area contributed by atoms with Gasteiger partial charge in [-0.1, -0.05) is 12.1 Å². The zero-order chi connectivity index (χ0) is 17.1. The van der Waals surface area contributed by atoms with Gasteiger partial charge in [0.2, 0.25) is 0 Å². The largest absolute Gasteiger partial charge is 0.504 e. The number of phenolic OH excluding ortho intramolecular Hbond substituents is 1. The van der Waals surface area contributed by atoms with Crippen LogP contribution < -0.4 is 9.47 Å². The molecule has 2 aromatic carbocycles. The molecule has 0 saturated heterocycles. The summed E-state index contributed by atoms with van der Waals surface area (Å²) in [4.78, 5) is 2.41. The van der Waals surface area contributed by atoms with Crippen molar-refractivity contribution in [1.29, 1.82) is 0 Å². The minimum atomic E-state index is 0.183. The van der Waals surface area contributed by atoms with E-state index in [2.05, 4.69) is 17.0 Å². The molecule has 0 saturated carbocycles. The Labute approximate surface area is 143 Å². The lowest BCUT2D eigenvalue weighted by Gasteiger charge is -2.29. The minimum absolute atomic E-state index is 0.183. The van der Waals surface area contributed by atoms with Gasteiger partial charge in [0.15, 0.2) is 11.5 Å². The van der Waals surface area contributed by atoms with Crippen LogP contribution in [-0.4, -0.2) is 29.8 Å². The van der Waals surface area contributed by atoms with Gasteiger partial charge in [0, 0.05) is 19.6 Å². The van der Waals surface area contributed by atoms with E-state index in [9.17, 15) is 5.11 Å². The summed E-state index contributed by atoms with van der Waals surface area (Å²) < 4.78 is 11.0. The van der Waals surface area contributed by atoms with Crippen molar-refractivity contribution in [1.82, 2.24) is 4.90 Å². The number of hydrogen-bond donors (Lipinski definition) is 1. The van der Waals surface area contributed by atoms with Crippen LogP contribution in [0.15, 0.2) is 36.4 Å². The number of rotatable bonds is 5. The second-order valence-corrected chi connectivity index (χ2v) is 6.57. The molecule has 4 heteroatoms. The Bertz CT molecular complexity index is 712. The third kappa shape index (κ3) is 3.82. The molecule has 128 valence electrons. The third-order valence-electron chi connectivity index (χ3n) is 4.27. The molecular formula is C20H25NO3. The third-order valence-corrected chi connectivity index (χ3v) is 4.27. The highest BCUT2D eigenvalue weighted by molar-refractivity contribution is 5.47. The van der Waals surface area contributed by atoms with E-state index in [1.165, 1.54) is 16.7 Å². The summed E-state index contributed by atoms with van der Waals surface area (Å²) in [5.74, 6) is 1.69. The summed E-state index contributed by atoms with van der Waals surface area (Å²) in [5.41, 5.74) is 3.69. The lowest BCUT2D eigenvalue weighted by Crippen LogP contribution is -2.30. The SMILES string of the molecule is COc1cc2c(cc1O)CCN(Cc1cccc(OC(C)C)c1)C2. The molecule has 0 atom stereocenters. The van der Waals surface area contributed by atoms with Gasteiger partial charge in [-0.25, -0.2) is 0 Å². The Kier molecular flexibility index (Phi) is 4.95. The normalized spacial score (nSPS) is 14.5. The smallest absolute Gasteiger partial charge is 0.160 e. The van der Waals surface area contributed by atoms with E-state index >= 15 is 0 Å². The first-order chi connectivity index (χ1) is 11.5. The highest BCUT2D eigenvalue weighted by atomic mass is 16.5. The van der Waals surface area contributed by atoms with Crippen LogP contribution in [0.2, 0.25) is 0 Å².